The molecule has 0 radical (unpaired) electrons. The molecule has 0 aromatic heterocycles. The second-order valence-corrected chi connectivity index (χ2v) is 7.88. The molecular weight excluding hydrogens is 384 g/mol. The molecule has 0 N–H and O–H groups in total. The van der Waals surface area contributed by atoms with Crippen LogP contribution in [0.2, 0.25) is 0 Å². The summed E-state index contributed by atoms with van der Waals surface area (Å²) in [5.41, 5.74) is 0. The molecule has 184 valence electrons. The monoisotopic (exact) mass is 438 g/mol. The van der Waals surface area contributed by atoms with Gasteiger partial charge in [-0.25, -0.2) is 0 Å². The summed E-state index contributed by atoms with van der Waals surface area (Å²) in [6.07, 6.45) is 25.6. The van der Waals surface area contributed by atoms with E-state index in [4.69, 9.17) is 14.2 Å². The van der Waals surface area contributed by atoms with Crippen LogP contribution < -0.4 is 0 Å². The van der Waals surface area contributed by atoms with E-state index in [0.717, 1.165) is 52.1 Å². The predicted octanol–water partition coefficient (Wildman–Crippen LogP) is 8.80. The van der Waals surface area contributed by atoms with Gasteiger partial charge in [-0.2, -0.15) is 0 Å². The van der Waals surface area contributed by atoms with E-state index in [9.17, 15) is 0 Å². The molecule has 0 saturated carbocycles. The molecule has 0 aromatic rings. The molecule has 0 bridgehead atoms. The van der Waals surface area contributed by atoms with E-state index in [2.05, 4.69) is 46.4 Å². The third kappa shape index (κ3) is 31.4. The van der Waals surface area contributed by atoms with Crippen LogP contribution in [0.3, 0.4) is 0 Å². The maximum Gasteiger partial charge on any atom is 0.157 e. The van der Waals surface area contributed by atoms with Gasteiger partial charge in [0.1, 0.15) is 0 Å². The molecule has 0 heterocycles. The number of rotatable bonds is 22. The molecule has 0 aliphatic heterocycles. The van der Waals surface area contributed by atoms with E-state index >= 15 is 0 Å². The van der Waals surface area contributed by atoms with Gasteiger partial charge in [0.2, 0.25) is 0 Å². The molecule has 31 heavy (non-hydrogen) atoms. The molecule has 0 atom stereocenters. The van der Waals surface area contributed by atoms with Gasteiger partial charge in [-0.3, -0.25) is 0 Å². The van der Waals surface area contributed by atoms with Gasteiger partial charge in [0, 0.05) is 26.4 Å². The molecule has 0 aliphatic carbocycles. The summed E-state index contributed by atoms with van der Waals surface area (Å²) in [6.45, 7) is 15.9. The Kier molecular flexibility index (Phi) is 32.6. The lowest BCUT2D eigenvalue weighted by molar-refractivity contribution is -0.147. The van der Waals surface area contributed by atoms with E-state index in [1.54, 1.807) is 6.08 Å². The zero-order chi connectivity index (χ0) is 23.3. The van der Waals surface area contributed by atoms with Gasteiger partial charge >= 0.3 is 0 Å². The summed E-state index contributed by atoms with van der Waals surface area (Å²) in [7, 11) is 0. The average molecular weight is 439 g/mol. The molecule has 3 nitrogen and oxygen atoms in total. The van der Waals surface area contributed by atoms with Crippen LogP contribution in [0.25, 0.3) is 0 Å². The van der Waals surface area contributed by atoms with Crippen LogP contribution in [-0.4, -0.2) is 32.7 Å². The molecule has 0 saturated heterocycles. The third-order valence-electron chi connectivity index (χ3n) is 4.67. The Morgan fingerprint density at radius 3 is 1.77 bits per heavy atom. The lowest BCUT2D eigenvalue weighted by Gasteiger charge is -2.17. The molecule has 0 unspecified atom stereocenters. The van der Waals surface area contributed by atoms with Crippen LogP contribution >= 0.6 is 0 Å². The second kappa shape index (κ2) is 31.3. The van der Waals surface area contributed by atoms with Crippen molar-refractivity contribution >= 4 is 0 Å². The number of allylic oxidation sites excluding steroid dienone is 5. The molecule has 0 aliphatic rings. The normalized spacial score (nSPS) is 11.4. The Bertz CT molecular complexity index is 366. The van der Waals surface area contributed by atoms with E-state index in [0.29, 0.717) is 0 Å². The van der Waals surface area contributed by atoms with Crippen LogP contribution in [0.5, 0.6) is 0 Å². The Balaban J connectivity index is 0. The fourth-order valence-corrected chi connectivity index (χ4v) is 2.65. The fourth-order valence-electron chi connectivity index (χ4n) is 2.65. The largest absolute Gasteiger partial charge is 0.381 e. The Morgan fingerprint density at radius 2 is 1.19 bits per heavy atom. The van der Waals surface area contributed by atoms with Crippen molar-refractivity contribution in [1.29, 1.82) is 0 Å². The summed E-state index contributed by atoms with van der Waals surface area (Å²) < 4.78 is 16.8. The van der Waals surface area contributed by atoms with Crippen molar-refractivity contribution in [3.8, 4) is 0 Å². The van der Waals surface area contributed by atoms with Crippen molar-refractivity contribution in [2.24, 2.45) is 0 Å². The molecule has 0 aromatic carbocycles. The van der Waals surface area contributed by atoms with Gasteiger partial charge in [-0.05, 0) is 44.9 Å². The summed E-state index contributed by atoms with van der Waals surface area (Å²) in [5, 5.41) is 0. The summed E-state index contributed by atoms with van der Waals surface area (Å²) in [4.78, 5) is 0. The maximum atomic E-state index is 5.65. The van der Waals surface area contributed by atoms with Crippen molar-refractivity contribution in [2.75, 3.05) is 26.4 Å². The Hall–Kier alpha value is -0.900. The number of ether oxygens (including phenoxy) is 3. The SMILES string of the molecule is C=CC=CC=CCCCCCCOCCCC.CCCCOC(CCC)OCCCC. The van der Waals surface area contributed by atoms with Crippen molar-refractivity contribution in [1.82, 2.24) is 0 Å². The van der Waals surface area contributed by atoms with Crippen LogP contribution in [-0.2, 0) is 14.2 Å². The van der Waals surface area contributed by atoms with E-state index < -0.39 is 0 Å². The zero-order valence-corrected chi connectivity index (χ0v) is 21.4. The molecule has 0 amide bonds. The van der Waals surface area contributed by atoms with Gasteiger partial charge < -0.3 is 14.2 Å². The summed E-state index contributed by atoms with van der Waals surface area (Å²) in [6, 6.07) is 0. The molecular formula is C28H54O3. The average Bonchev–Trinajstić information content (AvgIpc) is 2.78. The minimum Gasteiger partial charge on any atom is -0.381 e. The smallest absolute Gasteiger partial charge is 0.157 e. The van der Waals surface area contributed by atoms with Gasteiger partial charge in [0.25, 0.3) is 0 Å². The van der Waals surface area contributed by atoms with Crippen LogP contribution in [0.4, 0.5) is 0 Å². The molecule has 3 heteroatoms. The predicted molar refractivity (Wildman–Crippen MR) is 138 cm³/mol. The minimum atomic E-state index is 0.0399. The van der Waals surface area contributed by atoms with E-state index in [-0.39, 0.29) is 6.29 Å². The molecule has 0 fully saturated rings. The zero-order valence-electron chi connectivity index (χ0n) is 21.4. The number of unbranched alkanes of at least 4 members (excludes halogenated alkanes) is 7. The third-order valence-corrected chi connectivity index (χ3v) is 4.67. The maximum absolute atomic E-state index is 5.65. The fraction of sp³-hybridized carbons (Fsp3) is 0.786. The molecule has 0 rings (SSSR count). The lowest BCUT2D eigenvalue weighted by atomic mass is 10.1. The highest BCUT2D eigenvalue weighted by Gasteiger charge is 2.06. The van der Waals surface area contributed by atoms with Crippen LogP contribution in [0, 0.1) is 0 Å². The first kappa shape index (κ1) is 32.3. The van der Waals surface area contributed by atoms with E-state index in [1.807, 2.05) is 12.2 Å². The van der Waals surface area contributed by atoms with Gasteiger partial charge in [-0.15, -0.1) is 0 Å². The van der Waals surface area contributed by atoms with Gasteiger partial charge in [-0.1, -0.05) is 103 Å². The first-order valence-corrected chi connectivity index (χ1v) is 13.0. The van der Waals surface area contributed by atoms with Crippen molar-refractivity contribution in [3.05, 3.63) is 37.0 Å². The standard InChI is InChI=1S/C16H28O.C12H26O2/c1-3-5-7-8-9-10-11-12-13-14-16-17-15-6-4-2;1-4-7-10-13-12(9-6-3)14-11-8-5-2/h3,5,7-9H,1,4,6,10-16H2,2H3;12H,4-11H2,1-3H3. The number of hydrogen-bond donors (Lipinski definition) is 0. The Labute approximate surface area is 195 Å². The van der Waals surface area contributed by atoms with Crippen molar-refractivity contribution < 1.29 is 14.2 Å². The minimum absolute atomic E-state index is 0.0399. The Morgan fingerprint density at radius 1 is 0.613 bits per heavy atom. The van der Waals surface area contributed by atoms with Gasteiger partial charge in [0.05, 0.1) is 0 Å². The van der Waals surface area contributed by atoms with Crippen LogP contribution in [0.1, 0.15) is 111 Å². The quantitative estimate of drug-likeness (QED) is 0.0960. The first-order chi connectivity index (χ1) is 15.3. The summed E-state index contributed by atoms with van der Waals surface area (Å²) in [5.74, 6) is 0. The first-order valence-electron chi connectivity index (χ1n) is 13.0. The van der Waals surface area contributed by atoms with Gasteiger partial charge in [0.15, 0.2) is 6.29 Å². The molecule has 0 spiro atoms. The highest BCUT2D eigenvalue weighted by atomic mass is 16.7. The van der Waals surface area contributed by atoms with E-state index in [1.165, 1.54) is 57.8 Å². The van der Waals surface area contributed by atoms with Crippen LogP contribution in [0.15, 0.2) is 37.0 Å². The van der Waals surface area contributed by atoms with Crippen molar-refractivity contribution in [2.45, 2.75) is 117 Å². The number of hydrogen-bond acceptors (Lipinski definition) is 3. The highest BCUT2D eigenvalue weighted by molar-refractivity contribution is 5.08. The van der Waals surface area contributed by atoms with Crippen molar-refractivity contribution in [3.63, 3.8) is 0 Å². The lowest BCUT2D eigenvalue weighted by Crippen LogP contribution is -2.18. The second-order valence-electron chi connectivity index (χ2n) is 7.88. The summed E-state index contributed by atoms with van der Waals surface area (Å²) >= 11 is 0. The highest BCUT2D eigenvalue weighted by Crippen LogP contribution is 2.07. The topological polar surface area (TPSA) is 27.7 Å².